The Bertz CT molecular complexity index is 839. The van der Waals surface area contributed by atoms with Gasteiger partial charge in [-0.05, 0) is 36.8 Å². The van der Waals surface area contributed by atoms with Crippen LogP contribution in [0.5, 0.6) is 17.2 Å². The van der Waals surface area contributed by atoms with Crippen LogP contribution < -0.4 is 14.2 Å². The van der Waals surface area contributed by atoms with Gasteiger partial charge in [0.25, 0.3) is 0 Å². The predicted octanol–water partition coefficient (Wildman–Crippen LogP) is 5.11. The van der Waals surface area contributed by atoms with E-state index in [1.54, 1.807) is 24.3 Å². The van der Waals surface area contributed by atoms with Crippen LogP contribution in [-0.4, -0.2) is 26.3 Å². The van der Waals surface area contributed by atoms with Gasteiger partial charge >= 0.3 is 12.6 Å². The van der Waals surface area contributed by atoms with Crippen molar-refractivity contribution >= 4 is 23.6 Å². The number of hydrogen-bond acceptors (Lipinski definition) is 5. The van der Waals surface area contributed by atoms with Crippen LogP contribution in [0.15, 0.2) is 42.5 Å². The van der Waals surface area contributed by atoms with E-state index in [9.17, 15) is 13.6 Å². The molecule has 0 atom stereocenters. The van der Waals surface area contributed by atoms with Crippen molar-refractivity contribution in [1.29, 1.82) is 0 Å². The van der Waals surface area contributed by atoms with E-state index in [1.165, 1.54) is 31.4 Å². The second-order valence-corrected chi connectivity index (χ2v) is 5.80. The molecular formula is C20H19ClF2O5. The van der Waals surface area contributed by atoms with Gasteiger partial charge in [0.05, 0.1) is 18.7 Å². The van der Waals surface area contributed by atoms with E-state index >= 15 is 0 Å². The molecule has 0 N–H and O–H groups in total. The largest absolute Gasteiger partial charge is 0.491 e. The highest BCUT2D eigenvalue weighted by molar-refractivity contribution is 6.32. The minimum atomic E-state index is -2.96. The fourth-order valence-electron chi connectivity index (χ4n) is 2.34. The van der Waals surface area contributed by atoms with Crippen LogP contribution >= 0.6 is 11.6 Å². The molecule has 0 saturated heterocycles. The number of carbonyl (C=O) groups excluding carboxylic acids is 1. The van der Waals surface area contributed by atoms with Crippen LogP contribution in [0.4, 0.5) is 8.78 Å². The molecule has 2 aromatic carbocycles. The highest BCUT2D eigenvalue weighted by atomic mass is 35.5. The highest BCUT2D eigenvalue weighted by Gasteiger charge is 2.12. The molecule has 0 aliphatic rings. The molecule has 0 fully saturated rings. The zero-order valence-electron chi connectivity index (χ0n) is 15.3. The van der Waals surface area contributed by atoms with Gasteiger partial charge in [0, 0.05) is 11.6 Å². The van der Waals surface area contributed by atoms with Crippen molar-refractivity contribution in [2.24, 2.45) is 0 Å². The second kappa shape index (κ2) is 10.5. The first-order valence-electron chi connectivity index (χ1n) is 8.32. The Hall–Kier alpha value is -2.80. The fourth-order valence-corrected chi connectivity index (χ4v) is 2.64. The molecule has 0 amide bonds. The number of esters is 1. The van der Waals surface area contributed by atoms with Crippen LogP contribution in [0, 0.1) is 0 Å². The van der Waals surface area contributed by atoms with Gasteiger partial charge in [-0.15, -0.1) is 0 Å². The van der Waals surface area contributed by atoms with Crippen molar-refractivity contribution in [3.8, 4) is 17.2 Å². The third-order valence-corrected chi connectivity index (χ3v) is 3.79. The van der Waals surface area contributed by atoms with Crippen LogP contribution in [0.1, 0.15) is 18.1 Å². The summed E-state index contributed by atoms with van der Waals surface area (Å²) < 4.78 is 45.0. The van der Waals surface area contributed by atoms with Crippen molar-refractivity contribution in [2.75, 3.05) is 13.7 Å². The number of carbonyl (C=O) groups is 1. The maximum absolute atomic E-state index is 12.4. The smallest absolute Gasteiger partial charge is 0.387 e. The van der Waals surface area contributed by atoms with Crippen LogP contribution in [-0.2, 0) is 16.1 Å². The highest BCUT2D eigenvalue weighted by Crippen LogP contribution is 2.36. The first kappa shape index (κ1) is 21.5. The zero-order chi connectivity index (χ0) is 20.5. The molecule has 0 aromatic heterocycles. The van der Waals surface area contributed by atoms with Crippen molar-refractivity contribution in [2.45, 2.75) is 20.1 Å². The summed E-state index contributed by atoms with van der Waals surface area (Å²) in [5.41, 5.74) is 0.934. The van der Waals surface area contributed by atoms with Gasteiger partial charge in [0.1, 0.15) is 12.4 Å². The maximum atomic E-state index is 12.4. The number of hydrogen-bond donors (Lipinski definition) is 0. The topological polar surface area (TPSA) is 54.0 Å². The molecule has 5 nitrogen and oxygen atoms in total. The van der Waals surface area contributed by atoms with Crippen molar-refractivity contribution < 1.29 is 32.5 Å². The van der Waals surface area contributed by atoms with Gasteiger partial charge in [-0.2, -0.15) is 8.78 Å². The molecule has 0 radical (unpaired) electrons. The van der Waals surface area contributed by atoms with Gasteiger partial charge in [0.15, 0.2) is 11.5 Å². The van der Waals surface area contributed by atoms with E-state index < -0.39 is 12.6 Å². The lowest BCUT2D eigenvalue weighted by molar-refractivity contribution is -0.139. The standard InChI is InChI=1S/C20H19ClF2O5/c1-3-26-17-11-13(10-15(21)19(17)25-2)8-9-18(24)27-12-14-6-4-5-7-16(14)28-20(22)23/h4-11,20H,3,12H2,1-2H3. The number of halogens is 3. The van der Waals surface area contributed by atoms with Gasteiger partial charge in [-0.25, -0.2) is 4.79 Å². The van der Waals surface area contributed by atoms with Crippen LogP contribution in [0.2, 0.25) is 5.02 Å². The Morgan fingerprint density at radius 2 is 1.96 bits per heavy atom. The number of rotatable bonds is 9. The van der Waals surface area contributed by atoms with E-state index in [1.807, 2.05) is 6.92 Å². The zero-order valence-corrected chi connectivity index (χ0v) is 16.0. The lowest BCUT2D eigenvalue weighted by Crippen LogP contribution is -2.06. The first-order chi connectivity index (χ1) is 13.4. The lowest BCUT2D eigenvalue weighted by atomic mass is 10.2. The lowest BCUT2D eigenvalue weighted by Gasteiger charge is -2.12. The number of methoxy groups -OCH3 is 1. The molecule has 0 unspecified atom stereocenters. The summed E-state index contributed by atoms with van der Waals surface area (Å²) in [4.78, 5) is 12.0. The monoisotopic (exact) mass is 412 g/mol. The Kier molecular flexibility index (Phi) is 8.07. The Balaban J connectivity index is 2.05. The molecular weight excluding hydrogens is 394 g/mol. The molecule has 0 aliphatic carbocycles. The molecule has 0 heterocycles. The Labute approximate surface area is 166 Å². The Morgan fingerprint density at radius 3 is 2.64 bits per heavy atom. The van der Waals surface area contributed by atoms with Gasteiger partial charge in [-0.1, -0.05) is 29.8 Å². The minimum Gasteiger partial charge on any atom is -0.491 e. The van der Waals surface area contributed by atoms with Gasteiger partial charge in [0.2, 0.25) is 0 Å². The van der Waals surface area contributed by atoms with E-state index in [0.29, 0.717) is 34.3 Å². The molecule has 0 spiro atoms. The van der Waals surface area contributed by atoms with Gasteiger partial charge < -0.3 is 18.9 Å². The molecule has 2 rings (SSSR count). The van der Waals surface area contributed by atoms with Crippen molar-refractivity contribution in [3.05, 3.63) is 58.6 Å². The molecule has 8 heteroatoms. The molecule has 2 aromatic rings. The molecule has 28 heavy (non-hydrogen) atoms. The number of ether oxygens (including phenoxy) is 4. The molecule has 0 aliphatic heterocycles. The molecule has 150 valence electrons. The van der Waals surface area contributed by atoms with Gasteiger partial charge in [-0.3, -0.25) is 0 Å². The average molecular weight is 413 g/mol. The SMILES string of the molecule is CCOc1cc(C=CC(=O)OCc2ccccc2OC(F)F)cc(Cl)c1OC. The average Bonchev–Trinajstić information content (AvgIpc) is 2.65. The van der Waals surface area contributed by atoms with E-state index in [2.05, 4.69) is 4.74 Å². The fraction of sp³-hybridized carbons (Fsp3) is 0.250. The summed E-state index contributed by atoms with van der Waals surface area (Å²) in [5.74, 6) is 0.150. The normalized spacial score (nSPS) is 10.9. The van der Waals surface area contributed by atoms with Crippen LogP contribution in [0.25, 0.3) is 6.08 Å². The van der Waals surface area contributed by atoms with E-state index in [0.717, 1.165) is 0 Å². The maximum Gasteiger partial charge on any atom is 0.387 e. The quantitative estimate of drug-likeness (QED) is 0.423. The van der Waals surface area contributed by atoms with E-state index in [4.69, 9.17) is 25.8 Å². The third-order valence-electron chi connectivity index (χ3n) is 3.51. The summed E-state index contributed by atoms with van der Waals surface area (Å²) >= 11 is 6.16. The number of para-hydroxylation sites is 1. The molecule has 0 bridgehead atoms. The summed E-state index contributed by atoms with van der Waals surface area (Å²) in [6.45, 7) is -0.930. The Morgan fingerprint density at radius 1 is 1.21 bits per heavy atom. The number of alkyl halides is 2. The minimum absolute atomic E-state index is 0.0439. The van der Waals surface area contributed by atoms with Crippen molar-refractivity contribution in [3.63, 3.8) is 0 Å². The van der Waals surface area contributed by atoms with Crippen molar-refractivity contribution in [1.82, 2.24) is 0 Å². The number of benzene rings is 2. The predicted molar refractivity (Wildman–Crippen MR) is 101 cm³/mol. The van der Waals surface area contributed by atoms with E-state index in [-0.39, 0.29) is 12.4 Å². The first-order valence-corrected chi connectivity index (χ1v) is 8.70. The summed E-state index contributed by atoms with van der Waals surface area (Å²) in [6, 6.07) is 9.37. The summed E-state index contributed by atoms with van der Waals surface area (Å²) in [7, 11) is 1.48. The van der Waals surface area contributed by atoms with Crippen LogP contribution in [0.3, 0.4) is 0 Å². The second-order valence-electron chi connectivity index (χ2n) is 5.39. The summed E-state index contributed by atoms with van der Waals surface area (Å²) in [5, 5.41) is 0.333. The summed E-state index contributed by atoms with van der Waals surface area (Å²) in [6.07, 6.45) is 2.70. The third kappa shape index (κ3) is 6.13. The molecule has 0 saturated carbocycles.